The molecule has 2 rings (SSSR count). The zero-order valence-electron chi connectivity index (χ0n) is 14.1. The summed E-state index contributed by atoms with van der Waals surface area (Å²) in [4.78, 5) is 26.7. The van der Waals surface area contributed by atoms with Crippen LogP contribution in [0.1, 0.15) is 31.2 Å². The van der Waals surface area contributed by atoms with E-state index in [0.717, 1.165) is 5.56 Å². The molecule has 0 spiro atoms. The Kier molecular flexibility index (Phi) is 5.95. The van der Waals surface area contributed by atoms with Gasteiger partial charge in [0, 0.05) is 19.2 Å². The zero-order chi connectivity index (χ0) is 17.5. The number of benzene rings is 1. The normalized spacial score (nSPS) is 11.6. The summed E-state index contributed by atoms with van der Waals surface area (Å²) >= 11 is 0. The third kappa shape index (κ3) is 4.34. The molecule has 1 aromatic carbocycles. The minimum Gasteiger partial charge on any atom is -0.360 e. The summed E-state index contributed by atoms with van der Waals surface area (Å²) < 4.78 is 4.91. The Morgan fingerprint density at radius 1 is 1.21 bits per heavy atom. The minimum atomic E-state index is -0.765. The van der Waals surface area contributed by atoms with Crippen LogP contribution in [-0.2, 0) is 4.79 Å². The largest absolute Gasteiger partial charge is 0.360 e. The SMILES string of the molecule is CCN(CC)C(=O)[C@H](NC(=O)Nc1cc(C)on1)c1ccccc1. The van der Waals surface area contributed by atoms with Gasteiger partial charge in [-0.25, -0.2) is 4.79 Å². The molecule has 7 nitrogen and oxygen atoms in total. The molecule has 0 unspecified atom stereocenters. The van der Waals surface area contributed by atoms with Crippen LogP contribution in [0.2, 0.25) is 0 Å². The van der Waals surface area contributed by atoms with Crippen LogP contribution in [-0.4, -0.2) is 35.1 Å². The van der Waals surface area contributed by atoms with Gasteiger partial charge in [-0.2, -0.15) is 0 Å². The van der Waals surface area contributed by atoms with Gasteiger partial charge in [0.1, 0.15) is 11.8 Å². The second kappa shape index (κ2) is 8.14. The van der Waals surface area contributed by atoms with E-state index in [4.69, 9.17) is 4.52 Å². The number of nitrogens with zero attached hydrogens (tertiary/aromatic N) is 2. The molecule has 0 aliphatic rings. The lowest BCUT2D eigenvalue weighted by atomic mass is 10.1. The third-order valence-corrected chi connectivity index (χ3v) is 3.60. The summed E-state index contributed by atoms with van der Waals surface area (Å²) in [6.45, 7) is 6.69. The van der Waals surface area contributed by atoms with E-state index in [1.807, 2.05) is 44.2 Å². The molecule has 1 aromatic heterocycles. The molecule has 128 valence electrons. The molecule has 0 aliphatic heterocycles. The second-order valence-electron chi connectivity index (χ2n) is 5.28. The minimum absolute atomic E-state index is 0.155. The van der Waals surface area contributed by atoms with Crippen molar-refractivity contribution in [2.24, 2.45) is 0 Å². The number of anilines is 1. The van der Waals surface area contributed by atoms with Gasteiger partial charge in [0.25, 0.3) is 0 Å². The van der Waals surface area contributed by atoms with Crippen molar-refractivity contribution >= 4 is 17.8 Å². The van der Waals surface area contributed by atoms with Crippen LogP contribution in [0.5, 0.6) is 0 Å². The number of rotatable bonds is 6. The number of hydrogen-bond acceptors (Lipinski definition) is 4. The molecule has 7 heteroatoms. The van der Waals surface area contributed by atoms with Crippen molar-refractivity contribution in [1.29, 1.82) is 0 Å². The first-order valence-corrected chi connectivity index (χ1v) is 7.89. The van der Waals surface area contributed by atoms with E-state index in [2.05, 4.69) is 15.8 Å². The number of hydrogen-bond donors (Lipinski definition) is 2. The fourth-order valence-electron chi connectivity index (χ4n) is 2.36. The van der Waals surface area contributed by atoms with Gasteiger partial charge in [-0.1, -0.05) is 35.5 Å². The van der Waals surface area contributed by atoms with E-state index < -0.39 is 12.1 Å². The summed E-state index contributed by atoms with van der Waals surface area (Å²) in [6, 6.07) is 9.47. The Morgan fingerprint density at radius 2 is 1.88 bits per heavy atom. The smallest absolute Gasteiger partial charge is 0.321 e. The lowest BCUT2D eigenvalue weighted by Gasteiger charge is -2.26. The maximum absolute atomic E-state index is 12.7. The quantitative estimate of drug-likeness (QED) is 0.852. The van der Waals surface area contributed by atoms with Crippen molar-refractivity contribution < 1.29 is 14.1 Å². The standard InChI is InChI=1S/C17H22N4O3/c1-4-21(5-2)16(22)15(13-9-7-6-8-10-13)19-17(23)18-14-11-12(3)24-20-14/h6-11,15H,4-5H2,1-3H3,(H2,18,19,20,23)/t15-/m1/s1. The van der Waals surface area contributed by atoms with Crippen molar-refractivity contribution in [1.82, 2.24) is 15.4 Å². The number of carbonyl (C=O) groups excluding carboxylic acids is 2. The van der Waals surface area contributed by atoms with E-state index >= 15 is 0 Å². The highest BCUT2D eigenvalue weighted by Crippen LogP contribution is 2.16. The number of amides is 3. The van der Waals surface area contributed by atoms with Crippen LogP contribution in [0.25, 0.3) is 0 Å². The molecule has 1 atom stereocenters. The van der Waals surface area contributed by atoms with Crippen molar-refractivity contribution in [2.45, 2.75) is 26.8 Å². The van der Waals surface area contributed by atoms with Crippen LogP contribution < -0.4 is 10.6 Å². The first-order valence-electron chi connectivity index (χ1n) is 7.89. The van der Waals surface area contributed by atoms with Crippen molar-refractivity contribution in [3.05, 3.63) is 47.7 Å². The Bertz CT molecular complexity index is 680. The highest BCUT2D eigenvalue weighted by Gasteiger charge is 2.26. The first kappa shape index (κ1) is 17.5. The fourth-order valence-corrected chi connectivity index (χ4v) is 2.36. The molecule has 0 radical (unpaired) electrons. The van der Waals surface area contributed by atoms with E-state index in [0.29, 0.717) is 24.7 Å². The Hall–Kier alpha value is -2.83. The molecular weight excluding hydrogens is 308 g/mol. The molecule has 0 fully saturated rings. The number of urea groups is 1. The second-order valence-corrected chi connectivity index (χ2v) is 5.28. The molecule has 0 saturated heterocycles. The van der Waals surface area contributed by atoms with Gasteiger partial charge in [0.05, 0.1) is 0 Å². The average Bonchev–Trinajstić information content (AvgIpc) is 2.99. The molecule has 24 heavy (non-hydrogen) atoms. The van der Waals surface area contributed by atoms with Crippen molar-refractivity contribution in [3.63, 3.8) is 0 Å². The van der Waals surface area contributed by atoms with Crippen LogP contribution in [0.4, 0.5) is 10.6 Å². The highest BCUT2D eigenvalue weighted by atomic mass is 16.5. The molecule has 0 aliphatic carbocycles. The van der Waals surface area contributed by atoms with Gasteiger partial charge in [-0.15, -0.1) is 0 Å². The third-order valence-electron chi connectivity index (χ3n) is 3.60. The number of aromatic nitrogens is 1. The summed E-state index contributed by atoms with van der Waals surface area (Å²) in [5, 5.41) is 8.99. The van der Waals surface area contributed by atoms with Crippen LogP contribution in [0, 0.1) is 6.92 Å². The van der Waals surface area contributed by atoms with Gasteiger partial charge in [-0.05, 0) is 26.3 Å². The predicted molar refractivity (Wildman–Crippen MR) is 90.5 cm³/mol. The summed E-state index contributed by atoms with van der Waals surface area (Å²) in [5.74, 6) is 0.730. The molecular formula is C17H22N4O3. The predicted octanol–water partition coefficient (Wildman–Crippen LogP) is 2.71. The molecule has 3 amide bonds. The summed E-state index contributed by atoms with van der Waals surface area (Å²) in [6.07, 6.45) is 0. The average molecular weight is 330 g/mol. The number of aryl methyl sites for hydroxylation is 1. The van der Waals surface area contributed by atoms with E-state index in [9.17, 15) is 9.59 Å². The van der Waals surface area contributed by atoms with Gasteiger partial charge < -0.3 is 14.7 Å². The fraction of sp³-hybridized carbons (Fsp3) is 0.353. The maximum atomic E-state index is 12.7. The first-order chi connectivity index (χ1) is 11.5. The van der Waals surface area contributed by atoms with Gasteiger partial charge >= 0.3 is 6.03 Å². The molecule has 0 saturated carbocycles. The van der Waals surface area contributed by atoms with Gasteiger partial charge in [-0.3, -0.25) is 10.1 Å². The molecule has 2 aromatic rings. The van der Waals surface area contributed by atoms with Gasteiger partial charge in [0.2, 0.25) is 5.91 Å². The van der Waals surface area contributed by atoms with Crippen molar-refractivity contribution in [3.8, 4) is 0 Å². The van der Waals surface area contributed by atoms with E-state index in [-0.39, 0.29) is 5.91 Å². The lowest BCUT2D eigenvalue weighted by molar-refractivity contribution is -0.132. The Morgan fingerprint density at radius 3 is 2.42 bits per heavy atom. The van der Waals surface area contributed by atoms with Gasteiger partial charge in [0.15, 0.2) is 5.82 Å². The Labute approximate surface area is 141 Å². The summed E-state index contributed by atoms with van der Waals surface area (Å²) in [5.41, 5.74) is 0.723. The van der Waals surface area contributed by atoms with Crippen LogP contribution in [0.3, 0.4) is 0 Å². The Balaban J connectivity index is 2.16. The monoisotopic (exact) mass is 330 g/mol. The summed E-state index contributed by atoms with van der Waals surface area (Å²) in [7, 11) is 0. The van der Waals surface area contributed by atoms with E-state index in [1.165, 1.54) is 0 Å². The topological polar surface area (TPSA) is 87.5 Å². The van der Waals surface area contributed by atoms with Crippen LogP contribution in [0.15, 0.2) is 40.9 Å². The number of likely N-dealkylation sites (N-methyl/N-ethyl adjacent to an activating group) is 1. The number of carbonyl (C=O) groups is 2. The molecule has 2 N–H and O–H groups in total. The van der Waals surface area contributed by atoms with E-state index in [1.54, 1.807) is 17.9 Å². The molecule has 0 bridgehead atoms. The molecule has 1 heterocycles. The number of nitrogens with one attached hydrogen (secondary N) is 2. The lowest BCUT2D eigenvalue weighted by Crippen LogP contribution is -2.44. The highest BCUT2D eigenvalue weighted by molar-refractivity contribution is 5.93. The van der Waals surface area contributed by atoms with Crippen LogP contribution >= 0.6 is 0 Å². The maximum Gasteiger partial charge on any atom is 0.321 e. The zero-order valence-corrected chi connectivity index (χ0v) is 14.1. The van der Waals surface area contributed by atoms with Crippen molar-refractivity contribution in [2.75, 3.05) is 18.4 Å².